The van der Waals surface area contributed by atoms with E-state index in [4.69, 9.17) is 4.42 Å². The number of benzene rings is 1. The minimum Gasteiger partial charge on any atom is -0.420 e. The molecule has 0 bridgehead atoms. The van der Waals surface area contributed by atoms with E-state index in [0.717, 1.165) is 17.0 Å². The zero-order valence-electron chi connectivity index (χ0n) is 14.2. The van der Waals surface area contributed by atoms with Crippen LogP contribution >= 0.6 is 11.3 Å². The Bertz CT molecular complexity index is 990. The maximum Gasteiger partial charge on any atom is 0.257 e. The molecule has 0 N–H and O–H groups in total. The lowest BCUT2D eigenvalue weighted by atomic mass is 10.2. The Morgan fingerprint density at radius 2 is 1.73 bits per heavy atom. The monoisotopic (exact) mass is 390 g/mol. The van der Waals surface area contributed by atoms with Gasteiger partial charge in [0.15, 0.2) is 0 Å². The van der Waals surface area contributed by atoms with E-state index in [2.05, 4.69) is 15.1 Å². The number of sulfonamides is 1. The summed E-state index contributed by atoms with van der Waals surface area (Å²) in [6.07, 6.45) is 0. The summed E-state index contributed by atoms with van der Waals surface area (Å²) >= 11 is 1.16. The molecule has 0 saturated carbocycles. The zero-order valence-corrected chi connectivity index (χ0v) is 15.8. The molecule has 0 atom stereocenters. The number of anilines is 1. The van der Waals surface area contributed by atoms with Gasteiger partial charge in [-0.05, 0) is 24.3 Å². The third-order valence-corrected chi connectivity index (χ3v) is 7.71. The lowest BCUT2D eigenvalue weighted by Gasteiger charge is -2.35. The molecule has 0 aliphatic carbocycles. The molecule has 1 aromatic carbocycles. The average Bonchev–Trinajstić information content (AvgIpc) is 3.32. The first-order valence-corrected chi connectivity index (χ1v) is 10.5. The third kappa shape index (κ3) is 3.25. The van der Waals surface area contributed by atoms with E-state index in [0.29, 0.717) is 47.0 Å². The third-order valence-electron chi connectivity index (χ3n) is 4.27. The Morgan fingerprint density at radius 3 is 2.38 bits per heavy atom. The molecule has 4 rings (SSSR count). The maximum absolute atomic E-state index is 12.9. The topological polar surface area (TPSA) is 79.5 Å². The minimum absolute atomic E-state index is 0.302. The van der Waals surface area contributed by atoms with Gasteiger partial charge in [0.2, 0.25) is 5.89 Å². The first kappa shape index (κ1) is 17.2. The second-order valence-corrected chi connectivity index (χ2v) is 9.22. The van der Waals surface area contributed by atoms with Crippen LogP contribution in [-0.4, -0.2) is 49.1 Å². The van der Waals surface area contributed by atoms with Crippen LogP contribution in [0, 0.1) is 6.92 Å². The first-order valence-electron chi connectivity index (χ1n) is 8.24. The summed E-state index contributed by atoms with van der Waals surface area (Å²) in [5.41, 5.74) is 1.12. The van der Waals surface area contributed by atoms with Crippen LogP contribution in [0.5, 0.6) is 0 Å². The van der Waals surface area contributed by atoms with Crippen LogP contribution in [0.15, 0.2) is 51.1 Å². The molecule has 0 spiro atoms. The van der Waals surface area contributed by atoms with E-state index in [1.165, 1.54) is 0 Å². The normalized spacial score (nSPS) is 16.1. The van der Waals surface area contributed by atoms with Gasteiger partial charge in [-0.15, -0.1) is 21.5 Å². The van der Waals surface area contributed by atoms with Gasteiger partial charge in [-0.3, -0.25) is 0 Å². The molecule has 7 nitrogen and oxygen atoms in total. The fourth-order valence-electron chi connectivity index (χ4n) is 2.92. The Labute approximate surface area is 155 Å². The predicted molar refractivity (Wildman–Crippen MR) is 99.8 cm³/mol. The molecule has 1 fully saturated rings. The van der Waals surface area contributed by atoms with Gasteiger partial charge in [0.25, 0.3) is 15.9 Å². The fraction of sp³-hybridized carbons (Fsp3) is 0.294. The van der Waals surface area contributed by atoms with Gasteiger partial charge < -0.3 is 9.32 Å². The van der Waals surface area contributed by atoms with Gasteiger partial charge >= 0.3 is 0 Å². The quantitative estimate of drug-likeness (QED) is 0.681. The Morgan fingerprint density at radius 1 is 1.00 bits per heavy atom. The minimum atomic E-state index is -3.51. The van der Waals surface area contributed by atoms with Gasteiger partial charge in [-0.1, -0.05) is 18.2 Å². The molecule has 3 aromatic rings. The van der Waals surface area contributed by atoms with E-state index in [9.17, 15) is 8.42 Å². The predicted octanol–water partition coefficient (Wildman–Crippen LogP) is 2.62. The van der Waals surface area contributed by atoms with Crippen molar-refractivity contribution in [2.45, 2.75) is 11.1 Å². The molecular weight excluding hydrogens is 372 g/mol. The van der Waals surface area contributed by atoms with Crippen LogP contribution in [0.2, 0.25) is 0 Å². The number of thiophene rings is 1. The summed E-state index contributed by atoms with van der Waals surface area (Å²) in [7, 11) is -3.51. The molecule has 0 unspecified atom stereocenters. The van der Waals surface area contributed by atoms with Crippen molar-refractivity contribution in [1.29, 1.82) is 0 Å². The molecule has 9 heteroatoms. The van der Waals surface area contributed by atoms with Gasteiger partial charge in [-0.2, -0.15) is 4.31 Å². The highest BCUT2D eigenvalue weighted by Crippen LogP contribution is 2.32. The van der Waals surface area contributed by atoms with Gasteiger partial charge in [0.1, 0.15) is 4.21 Å². The Kier molecular flexibility index (Phi) is 4.51. The van der Waals surface area contributed by atoms with E-state index < -0.39 is 10.0 Å². The van der Waals surface area contributed by atoms with Crippen molar-refractivity contribution in [3.63, 3.8) is 0 Å². The van der Waals surface area contributed by atoms with E-state index >= 15 is 0 Å². The van der Waals surface area contributed by atoms with Crippen LogP contribution in [-0.2, 0) is 10.0 Å². The van der Waals surface area contributed by atoms with Gasteiger partial charge in [-0.25, -0.2) is 8.42 Å². The highest BCUT2D eigenvalue weighted by molar-refractivity contribution is 7.91. The van der Waals surface area contributed by atoms with Crippen molar-refractivity contribution in [2.24, 2.45) is 0 Å². The molecule has 2 aromatic heterocycles. The summed E-state index contributed by atoms with van der Waals surface area (Å²) in [4.78, 5) is 2.86. The summed E-state index contributed by atoms with van der Waals surface area (Å²) in [5, 5.41) is 7.73. The van der Waals surface area contributed by atoms with E-state index in [1.54, 1.807) is 23.4 Å². The van der Waals surface area contributed by atoms with Crippen LogP contribution in [0.3, 0.4) is 0 Å². The number of aryl methyl sites for hydroxylation is 1. The Hall–Kier alpha value is -2.23. The Balaban J connectivity index is 1.49. The van der Waals surface area contributed by atoms with Crippen molar-refractivity contribution in [3.8, 4) is 10.8 Å². The molecule has 3 heterocycles. The smallest absolute Gasteiger partial charge is 0.257 e. The number of aromatic nitrogens is 2. The standard InChI is InChI=1S/C17H18N4O3S2/c1-13-18-19-17(24-13)15-7-8-16(25-15)26(22,23)21-11-9-20(10-12-21)14-5-3-2-4-6-14/h2-8H,9-12H2,1H3. The summed E-state index contributed by atoms with van der Waals surface area (Å²) < 4.78 is 33.1. The largest absolute Gasteiger partial charge is 0.420 e. The lowest BCUT2D eigenvalue weighted by Crippen LogP contribution is -2.48. The van der Waals surface area contributed by atoms with Crippen LogP contribution in [0.4, 0.5) is 5.69 Å². The zero-order chi connectivity index (χ0) is 18.1. The first-order chi connectivity index (χ1) is 12.5. The maximum atomic E-state index is 12.9. The van der Waals surface area contributed by atoms with Gasteiger partial charge in [0, 0.05) is 38.8 Å². The molecule has 1 aliphatic rings. The summed E-state index contributed by atoms with van der Waals surface area (Å²) in [6.45, 7) is 3.97. The van der Waals surface area contributed by atoms with Crippen LogP contribution < -0.4 is 4.90 Å². The van der Waals surface area contributed by atoms with Crippen LogP contribution in [0.1, 0.15) is 5.89 Å². The van der Waals surface area contributed by atoms with E-state index in [1.807, 2.05) is 30.3 Å². The van der Waals surface area contributed by atoms with Crippen molar-refractivity contribution in [1.82, 2.24) is 14.5 Å². The number of rotatable bonds is 4. The van der Waals surface area contributed by atoms with Gasteiger partial charge in [0.05, 0.1) is 4.88 Å². The molecule has 0 amide bonds. The number of hydrogen-bond acceptors (Lipinski definition) is 7. The second-order valence-electron chi connectivity index (χ2n) is 5.97. The molecule has 26 heavy (non-hydrogen) atoms. The van der Waals surface area contributed by atoms with E-state index in [-0.39, 0.29) is 0 Å². The average molecular weight is 390 g/mol. The number of nitrogens with zero attached hydrogens (tertiary/aromatic N) is 4. The lowest BCUT2D eigenvalue weighted by molar-refractivity contribution is 0.386. The summed E-state index contributed by atoms with van der Waals surface area (Å²) in [6, 6.07) is 13.4. The van der Waals surface area contributed by atoms with Crippen molar-refractivity contribution >= 4 is 27.0 Å². The number of para-hydroxylation sites is 1. The molecule has 0 radical (unpaired) electrons. The number of hydrogen-bond donors (Lipinski definition) is 0. The fourth-order valence-corrected chi connectivity index (χ4v) is 5.73. The number of piperazine rings is 1. The molecule has 1 aliphatic heterocycles. The molecular formula is C17H18N4O3S2. The summed E-state index contributed by atoms with van der Waals surface area (Å²) in [5.74, 6) is 0.803. The van der Waals surface area contributed by atoms with Crippen molar-refractivity contribution in [3.05, 3.63) is 48.4 Å². The highest BCUT2D eigenvalue weighted by Gasteiger charge is 2.30. The highest BCUT2D eigenvalue weighted by atomic mass is 32.2. The van der Waals surface area contributed by atoms with Crippen LogP contribution in [0.25, 0.3) is 10.8 Å². The second kappa shape index (κ2) is 6.82. The molecule has 136 valence electrons. The SMILES string of the molecule is Cc1nnc(-c2ccc(S(=O)(=O)N3CCN(c4ccccc4)CC3)s2)o1. The van der Waals surface area contributed by atoms with Crippen molar-refractivity contribution in [2.75, 3.05) is 31.1 Å². The molecule has 1 saturated heterocycles. The van der Waals surface area contributed by atoms with Crippen molar-refractivity contribution < 1.29 is 12.8 Å².